The van der Waals surface area contributed by atoms with Crippen LogP contribution in [0.25, 0.3) is 0 Å². The number of nitrogens with one attached hydrogen (secondary N) is 1. The van der Waals surface area contributed by atoms with Crippen molar-refractivity contribution in [2.45, 2.75) is 289 Å². The summed E-state index contributed by atoms with van der Waals surface area (Å²) in [6, 6.07) is -0.761. The Morgan fingerprint density at radius 2 is 0.767 bits per heavy atom. The molecule has 0 aromatic heterocycles. The van der Waals surface area contributed by atoms with Crippen LogP contribution >= 0.6 is 0 Å². The van der Waals surface area contributed by atoms with Crippen LogP contribution in [-0.2, 0) is 4.79 Å². The van der Waals surface area contributed by atoms with Crippen molar-refractivity contribution in [2.75, 3.05) is 6.61 Å². The fourth-order valence-corrected chi connectivity index (χ4v) is 8.03. The quantitative estimate of drug-likeness (QED) is 0.0363. The lowest BCUT2D eigenvalue weighted by Crippen LogP contribution is -2.45. The van der Waals surface area contributed by atoms with E-state index in [-0.39, 0.29) is 18.9 Å². The summed E-state index contributed by atoms with van der Waals surface area (Å²) in [7, 11) is 0. The van der Waals surface area contributed by atoms with Crippen molar-refractivity contribution in [1.29, 1.82) is 0 Å². The molecule has 0 heterocycles. The van der Waals surface area contributed by atoms with Gasteiger partial charge in [0.1, 0.15) is 0 Å². The maximum atomic E-state index is 12.5. The molecule has 0 aliphatic rings. The lowest BCUT2D eigenvalue weighted by molar-refractivity contribution is -0.124. The molecule has 1 amide bonds. The van der Waals surface area contributed by atoms with E-state index < -0.39 is 18.2 Å². The van der Waals surface area contributed by atoms with Crippen LogP contribution in [0.4, 0.5) is 0 Å². The first-order chi connectivity index (χ1) is 29.5. The Morgan fingerprint density at radius 3 is 1.17 bits per heavy atom. The molecule has 0 radical (unpaired) electrons. The zero-order chi connectivity index (χ0) is 43.7. The van der Waals surface area contributed by atoms with Crippen LogP contribution in [0, 0.1) is 0 Å². The molecular formula is C55H103NO4. The van der Waals surface area contributed by atoms with Gasteiger partial charge in [-0.2, -0.15) is 0 Å². The fourth-order valence-electron chi connectivity index (χ4n) is 8.03. The van der Waals surface area contributed by atoms with Gasteiger partial charge in [-0.1, -0.05) is 249 Å². The zero-order valence-electron chi connectivity index (χ0n) is 40.1. The average Bonchev–Trinajstić information content (AvgIpc) is 3.24. The second-order valence-corrected chi connectivity index (χ2v) is 18.1. The molecular weight excluding hydrogens is 739 g/mol. The van der Waals surface area contributed by atoms with Crippen LogP contribution in [0.1, 0.15) is 271 Å². The van der Waals surface area contributed by atoms with Gasteiger partial charge in [0.15, 0.2) is 0 Å². The second-order valence-electron chi connectivity index (χ2n) is 18.1. The first-order valence-electron chi connectivity index (χ1n) is 26.4. The van der Waals surface area contributed by atoms with Crippen molar-refractivity contribution >= 4 is 5.91 Å². The van der Waals surface area contributed by atoms with Crippen LogP contribution in [-0.4, -0.2) is 46.1 Å². The first kappa shape index (κ1) is 58.3. The van der Waals surface area contributed by atoms with E-state index in [4.69, 9.17) is 0 Å². The minimum atomic E-state index is -0.952. The summed E-state index contributed by atoms with van der Waals surface area (Å²) in [6.45, 7) is 4.20. The number of amides is 1. The van der Waals surface area contributed by atoms with E-state index in [1.165, 1.54) is 205 Å². The predicted molar refractivity (Wildman–Crippen MR) is 264 cm³/mol. The molecule has 60 heavy (non-hydrogen) atoms. The van der Waals surface area contributed by atoms with Gasteiger partial charge < -0.3 is 20.6 Å². The summed E-state index contributed by atoms with van der Waals surface area (Å²) in [5, 5.41) is 33.3. The highest BCUT2D eigenvalue weighted by Crippen LogP contribution is 2.16. The highest BCUT2D eigenvalue weighted by Gasteiger charge is 2.20. The first-order valence-corrected chi connectivity index (χ1v) is 26.4. The van der Waals surface area contributed by atoms with Crippen molar-refractivity contribution < 1.29 is 20.1 Å². The van der Waals surface area contributed by atoms with Gasteiger partial charge in [-0.25, -0.2) is 0 Å². The zero-order valence-corrected chi connectivity index (χ0v) is 40.1. The van der Waals surface area contributed by atoms with Gasteiger partial charge >= 0.3 is 0 Å². The third-order valence-electron chi connectivity index (χ3n) is 12.1. The number of carbonyl (C=O) groups is 1. The Labute approximate surface area is 374 Å². The Morgan fingerprint density at radius 1 is 0.433 bits per heavy atom. The lowest BCUT2D eigenvalue weighted by Gasteiger charge is -2.21. The van der Waals surface area contributed by atoms with Crippen LogP contribution in [0.3, 0.4) is 0 Å². The summed E-state index contributed by atoms with van der Waals surface area (Å²) in [4.78, 5) is 12.5. The molecule has 0 aromatic rings. The third-order valence-corrected chi connectivity index (χ3v) is 12.1. The van der Waals surface area contributed by atoms with E-state index in [2.05, 4.69) is 55.6 Å². The van der Waals surface area contributed by atoms with Crippen molar-refractivity contribution in [1.82, 2.24) is 5.32 Å². The molecule has 0 saturated carbocycles. The molecule has 5 nitrogen and oxygen atoms in total. The monoisotopic (exact) mass is 842 g/mol. The highest BCUT2D eigenvalue weighted by molar-refractivity contribution is 5.76. The van der Waals surface area contributed by atoms with Crippen molar-refractivity contribution in [2.24, 2.45) is 0 Å². The average molecular weight is 842 g/mol. The summed E-state index contributed by atoms with van der Waals surface area (Å²) < 4.78 is 0. The Balaban J connectivity index is 3.56. The number of rotatable bonds is 48. The molecule has 0 rings (SSSR count). The molecule has 352 valence electrons. The van der Waals surface area contributed by atoms with Gasteiger partial charge in [0.05, 0.1) is 31.3 Å². The van der Waals surface area contributed by atoms with E-state index in [0.717, 1.165) is 38.5 Å². The van der Waals surface area contributed by atoms with Gasteiger partial charge in [-0.15, -0.1) is 0 Å². The van der Waals surface area contributed by atoms with E-state index >= 15 is 0 Å². The molecule has 0 bridgehead atoms. The summed E-state index contributed by atoms with van der Waals surface area (Å²) in [5.41, 5.74) is 0. The minimum Gasteiger partial charge on any atom is -0.394 e. The van der Waals surface area contributed by atoms with Crippen LogP contribution in [0.5, 0.6) is 0 Å². The number of aliphatic hydroxyl groups is 3. The van der Waals surface area contributed by atoms with Crippen LogP contribution in [0.15, 0.2) is 48.6 Å². The fraction of sp³-hybridized carbons (Fsp3) is 0.836. The van der Waals surface area contributed by atoms with Gasteiger partial charge in [0, 0.05) is 0 Å². The minimum absolute atomic E-state index is 0.00590. The topological polar surface area (TPSA) is 89.8 Å². The number of aliphatic hydroxyl groups excluding tert-OH is 3. The largest absolute Gasteiger partial charge is 0.394 e. The number of hydrogen-bond donors (Lipinski definition) is 4. The second kappa shape index (κ2) is 50.0. The maximum Gasteiger partial charge on any atom is 0.222 e. The molecule has 3 atom stereocenters. The highest BCUT2D eigenvalue weighted by atomic mass is 16.3. The number of unbranched alkanes of at least 4 members (excludes halogenated alkanes) is 33. The van der Waals surface area contributed by atoms with Gasteiger partial charge in [0.2, 0.25) is 5.91 Å². The Bertz CT molecular complexity index is 974. The maximum absolute atomic E-state index is 12.5. The van der Waals surface area contributed by atoms with E-state index in [1.54, 1.807) is 6.08 Å². The van der Waals surface area contributed by atoms with E-state index in [9.17, 15) is 20.1 Å². The third kappa shape index (κ3) is 45.8. The SMILES string of the molecule is CCCCCCCCCC/C=C/CC/C=C/C(O)C(CO)NC(=O)CC(O)CCCCCCCCCCCCCCCCC/C=C\C/C=C\CCCCCCCCCCC. The lowest BCUT2D eigenvalue weighted by atomic mass is 10.0. The molecule has 0 aliphatic heterocycles. The molecule has 0 spiro atoms. The Hall–Kier alpha value is -1.69. The summed E-state index contributed by atoms with van der Waals surface area (Å²) in [6.07, 6.45) is 65.8. The number of hydrogen-bond acceptors (Lipinski definition) is 4. The van der Waals surface area contributed by atoms with Gasteiger partial charge in [-0.3, -0.25) is 4.79 Å². The van der Waals surface area contributed by atoms with Crippen molar-refractivity contribution in [3.63, 3.8) is 0 Å². The van der Waals surface area contributed by atoms with Crippen molar-refractivity contribution in [3.8, 4) is 0 Å². The number of allylic oxidation sites excluding steroid dienone is 7. The standard InChI is InChI=1S/C55H103NO4/c1-3-5-7-9-11-13-15-17-19-20-21-22-23-24-25-26-27-28-29-30-31-32-33-34-35-36-38-40-42-44-46-48-52(58)50-55(60)56-53(51-57)54(59)49-47-45-43-41-39-37-18-16-14-12-10-8-6-4-2/h21-22,24-25,39,41,47,49,52-54,57-59H,3-20,23,26-38,40,42-46,48,50-51H2,1-2H3,(H,56,60)/b22-21-,25-24-,41-39+,49-47+. The number of carbonyl (C=O) groups excluding carboxylic acids is 1. The van der Waals surface area contributed by atoms with E-state index in [0.29, 0.717) is 6.42 Å². The molecule has 5 heteroatoms. The summed E-state index contributed by atoms with van der Waals surface area (Å²) in [5.74, 6) is -0.325. The molecule has 0 saturated heterocycles. The van der Waals surface area contributed by atoms with Gasteiger partial charge in [0.25, 0.3) is 0 Å². The Kier molecular flexibility index (Phi) is 48.6. The predicted octanol–water partition coefficient (Wildman–Crippen LogP) is 16.1. The smallest absolute Gasteiger partial charge is 0.222 e. The molecule has 0 fully saturated rings. The molecule has 3 unspecified atom stereocenters. The van der Waals surface area contributed by atoms with E-state index in [1.807, 2.05) is 6.08 Å². The van der Waals surface area contributed by atoms with Crippen molar-refractivity contribution in [3.05, 3.63) is 48.6 Å². The van der Waals surface area contributed by atoms with Gasteiger partial charge in [-0.05, 0) is 64.2 Å². The summed E-state index contributed by atoms with van der Waals surface area (Å²) >= 11 is 0. The van der Waals surface area contributed by atoms with Crippen LogP contribution < -0.4 is 5.32 Å². The van der Waals surface area contributed by atoms with Crippen LogP contribution in [0.2, 0.25) is 0 Å². The molecule has 0 aliphatic carbocycles. The molecule has 0 aromatic carbocycles. The molecule has 4 N–H and O–H groups in total. The normalized spacial score (nSPS) is 13.8.